The maximum atomic E-state index is 12.2. The SMILES string of the molecule is COC(C)C(=O)N(Cc1nccn1C)C1CC1. The fourth-order valence-corrected chi connectivity index (χ4v) is 1.81. The highest BCUT2D eigenvalue weighted by Gasteiger charge is 2.35. The van der Waals surface area contributed by atoms with Gasteiger partial charge in [0.05, 0.1) is 6.54 Å². The summed E-state index contributed by atoms with van der Waals surface area (Å²) in [5.41, 5.74) is 0. The number of carbonyl (C=O) groups is 1. The number of carbonyl (C=O) groups excluding carboxylic acids is 1. The molecule has 1 unspecified atom stereocenters. The van der Waals surface area contributed by atoms with Crippen LogP contribution in [0.4, 0.5) is 0 Å². The Labute approximate surface area is 101 Å². The molecule has 1 heterocycles. The van der Waals surface area contributed by atoms with Crippen molar-refractivity contribution in [1.82, 2.24) is 14.5 Å². The summed E-state index contributed by atoms with van der Waals surface area (Å²) in [6.45, 7) is 2.36. The maximum absolute atomic E-state index is 12.2. The average Bonchev–Trinajstić information content (AvgIpc) is 3.09. The van der Waals surface area contributed by atoms with Crippen molar-refractivity contribution in [2.24, 2.45) is 7.05 Å². The van der Waals surface area contributed by atoms with E-state index in [1.807, 2.05) is 22.7 Å². The first-order chi connectivity index (χ1) is 8.13. The molecule has 0 bridgehead atoms. The van der Waals surface area contributed by atoms with Gasteiger partial charge in [0.15, 0.2) is 0 Å². The lowest BCUT2D eigenvalue weighted by atomic mass is 10.3. The van der Waals surface area contributed by atoms with Crippen LogP contribution in [0.3, 0.4) is 0 Å². The van der Waals surface area contributed by atoms with Gasteiger partial charge in [0.2, 0.25) is 0 Å². The van der Waals surface area contributed by atoms with Crippen LogP contribution in [0.15, 0.2) is 12.4 Å². The first-order valence-corrected chi connectivity index (χ1v) is 5.93. The van der Waals surface area contributed by atoms with E-state index in [1.54, 1.807) is 20.2 Å². The molecular weight excluding hydrogens is 218 g/mol. The summed E-state index contributed by atoms with van der Waals surface area (Å²) >= 11 is 0. The standard InChI is InChI=1S/C12H19N3O2/c1-9(17-3)12(16)15(10-4-5-10)8-11-13-6-7-14(11)2/h6-7,9-10H,4-5,8H2,1-3H3. The maximum Gasteiger partial charge on any atom is 0.252 e. The molecule has 1 fully saturated rings. The topological polar surface area (TPSA) is 47.4 Å². The number of rotatable bonds is 5. The smallest absolute Gasteiger partial charge is 0.252 e. The molecule has 1 aliphatic carbocycles. The first kappa shape index (κ1) is 12.1. The van der Waals surface area contributed by atoms with Crippen molar-refractivity contribution in [3.05, 3.63) is 18.2 Å². The second-order valence-electron chi connectivity index (χ2n) is 4.53. The first-order valence-electron chi connectivity index (χ1n) is 5.93. The molecule has 17 heavy (non-hydrogen) atoms. The molecule has 0 aromatic carbocycles. The number of aryl methyl sites for hydroxylation is 1. The van der Waals surface area contributed by atoms with Crippen LogP contribution in [0.2, 0.25) is 0 Å². The molecular formula is C12H19N3O2. The molecule has 0 radical (unpaired) electrons. The van der Waals surface area contributed by atoms with Crippen molar-refractivity contribution in [2.45, 2.75) is 38.5 Å². The molecule has 1 aromatic heterocycles. The minimum atomic E-state index is -0.379. The Morgan fingerprint density at radius 3 is 2.88 bits per heavy atom. The molecule has 5 nitrogen and oxygen atoms in total. The second kappa shape index (κ2) is 4.87. The summed E-state index contributed by atoms with van der Waals surface area (Å²) < 4.78 is 7.05. The third-order valence-corrected chi connectivity index (χ3v) is 3.20. The third kappa shape index (κ3) is 2.66. The minimum Gasteiger partial charge on any atom is -0.372 e. The third-order valence-electron chi connectivity index (χ3n) is 3.20. The number of methoxy groups -OCH3 is 1. The summed E-state index contributed by atoms with van der Waals surface area (Å²) in [5, 5.41) is 0. The molecule has 0 aliphatic heterocycles. The predicted octanol–water partition coefficient (Wildman–Crippen LogP) is 0.946. The van der Waals surface area contributed by atoms with Gasteiger partial charge >= 0.3 is 0 Å². The van der Waals surface area contributed by atoms with Crippen LogP contribution in [0, 0.1) is 0 Å². The largest absolute Gasteiger partial charge is 0.372 e. The van der Waals surface area contributed by atoms with Crippen molar-refractivity contribution in [3.63, 3.8) is 0 Å². The zero-order valence-electron chi connectivity index (χ0n) is 10.6. The second-order valence-corrected chi connectivity index (χ2v) is 4.53. The molecule has 1 saturated carbocycles. The van der Waals surface area contributed by atoms with Crippen LogP contribution in [0.25, 0.3) is 0 Å². The van der Waals surface area contributed by atoms with Crippen LogP contribution >= 0.6 is 0 Å². The lowest BCUT2D eigenvalue weighted by molar-refractivity contribution is -0.142. The summed E-state index contributed by atoms with van der Waals surface area (Å²) in [7, 11) is 3.51. The van der Waals surface area contributed by atoms with E-state index in [1.165, 1.54) is 0 Å². The van der Waals surface area contributed by atoms with Gasteiger partial charge in [-0.25, -0.2) is 4.98 Å². The van der Waals surface area contributed by atoms with E-state index in [0.29, 0.717) is 12.6 Å². The Hall–Kier alpha value is -1.36. The van der Waals surface area contributed by atoms with Crippen molar-refractivity contribution >= 4 is 5.91 Å². The number of ether oxygens (including phenoxy) is 1. The van der Waals surface area contributed by atoms with Gasteiger partial charge in [0.1, 0.15) is 11.9 Å². The van der Waals surface area contributed by atoms with Gasteiger partial charge in [-0.3, -0.25) is 4.79 Å². The fourth-order valence-electron chi connectivity index (χ4n) is 1.81. The molecule has 1 amide bonds. The fraction of sp³-hybridized carbons (Fsp3) is 0.667. The van der Waals surface area contributed by atoms with E-state index >= 15 is 0 Å². The number of nitrogens with zero attached hydrogens (tertiary/aromatic N) is 3. The van der Waals surface area contributed by atoms with E-state index in [0.717, 1.165) is 18.7 Å². The van der Waals surface area contributed by atoms with Gasteiger partial charge in [-0.15, -0.1) is 0 Å². The van der Waals surface area contributed by atoms with Gasteiger partial charge in [0, 0.05) is 32.6 Å². The number of hydrogen-bond acceptors (Lipinski definition) is 3. The molecule has 1 aliphatic rings. The van der Waals surface area contributed by atoms with E-state index in [4.69, 9.17) is 4.74 Å². The van der Waals surface area contributed by atoms with Crippen molar-refractivity contribution in [2.75, 3.05) is 7.11 Å². The summed E-state index contributed by atoms with van der Waals surface area (Å²) in [6, 6.07) is 0.372. The molecule has 2 rings (SSSR count). The van der Waals surface area contributed by atoms with Gasteiger partial charge in [0.25, 0.3) is 5.91 Å². The summed E-state index contributed by atoms with van der Waals surface area (Å²) in [4.78, 5) is 18.3. The molecule has 5 heteroatoms. The van der Waals surface area contributed by atoms with E-state index in [-0.39, 0.29) is 12.0 Å². The zero-order valence-corrected chi connectivity index (χ0v) is 10.6. The number of amides is 1. The lowest BCUT2D eigenvalue weighted by Crippen LogP contribution is -2.40. The minimum absolute atomic E-state index is 0.0537. The number of hydrogen-bond donors (Lipinski definition) is 0. The van der Waals surface area contributed by atoms with E-state index in [9.17, 15) is 4.79 Å². The number of imidazole rings is 1. The summed E-state index contributed by atoms with van der Waals surface area (Å²) in [6.07, 6.45) is 5.45. The molecule has 0 spiro atoms. The van der Waals surface area contributed by atoms with Gasteiger partial charge in [-0.05, 0) is 19.8 Å². The van der Waals surface area contributed by atoms with Gasteiger partial charge in [-0.1, -0.05) is 0 Å². The molecule has 1 aromatic rings. The van der Waals surface area contributed by atoms with Crippen LogP contribution in [-0.2, 0) is 23.1 Å². The molecule has 0 saturated heterocycles. The molecule has 94 valence electrons. The van der Waals surface area contributed by atoms with Crippen LogP contribution < -0.4 is 0 Å². The normalized spacial score (nSPS) is 16.9. The lowest BCUT2D eigenvalue weighted by Gasteiger charge is -2.24. The highest BCUT2D eigenvalue weighted by atomic mass is 16.5. The average molecular weight is 237 g/mol. The quantitative estimate of drug-likeness (QED) is 0.766. The molecule has 1 atom stereocenters. The van der Waals surface area contributed by atoms with Crippen LogP contribution in [0.5, 0.6) is 0 Å². The van der Waals surface area contributed by atoms with Gasteiger partial charge < -0.3 is 14.2 Å². The van der Waals surface area contributed by atoms with Crippen LogP contribution in [-0.4, -0.2) is 39.6 Å². The van der Waals surface area contributed by atoms with Crippen molar-refractivity contribution in [1.29, 1.82) is 0 Å². The predicted molar refractivity (Wildman–Crippen MR) is 63.3 cm³/mol. The zero-order chi connectivity index (χ0) is 12.4. The monoisotopic (exact) mass is 237 g/mol. The highest BCUT2D eigenvalue weighted by molar-refractivity contribution is 5.81. The van der Waals surface area contributed by atoms with Gasteiger partial charge in [-0.2, -0.15) is 0 Å². The summed E-state index contributed by atoms with van der Waals surface area (Å²) in [5.74, 6) is 0.964. The Bertz CT molecular complexity index is 398. The Morgan fingerprint density at radius 2 is 2.41 bits per heavy atom. The molecule has 0 N–H and O–H groups in total. The number of aromatic nitrogens is 2. The Morgan fingerprint density at radius 1 is 1.71 bits per heavy atom. The van der Waals surface area contributed by atoms with Crippen molar-refractivity contribution < 1.29 is 9.53 Å². The van der Waals surface area contributed by atoms with Crippen molar-refractivity contribution in [3.8, 4) is 0 Å². The Balaban J connectivity index is 2.08. The van der Waals surface area contributed by atoms with E-state index < -0.39 is 0 Å². The Kier molecular flexibility index (Phi) is 3.47. The van der Waals surface area contributed by atoms with E-state index in [2.05, 4.69) is 4.98 Å². The van der Waals surface area contributed by atoms with Crippen LogP contribution in [0.1, 0.15) is 25.6 Å². The highest BCUT2D eigenvalue weighted by Crippen LogP contribution is 2.28.